The molecule has 0 bridgehead atoms. The van der Waals surface area contributed by atoms with Crippen LogP contribution in [0.25, 0.3) is 0 Å². The van der Waals surface area contributed by atoms with Crippen molar-refractivity contribution in [3.8, 4) is 0 Å². The highest BCUT2D eigenvalue weighted by atomic mass is 127. The Bertz CT molecular complexity index is 303. The second-order valence-electron chi connectivity index (χ2n) is 7.24. The molecule has 0 aromatic rings. The molecule has 0 saturated heterocycles. The average molecular weight is 394 g/mol. The molecule has 2 atom stereocenters. The van der Waals surface area contributed by atoms with Crippen LogP contribution < -0.4 is 0 Å². The SMILES string of the molecule is CC(C)[Si](OC[C@]1(/C=C/I)C[C@H]1C)(C(C)C)C(C)C. The minimum atomic E-state index is -1.69. The molecule has 19 heavy (non-hydrogen) atoms. The minimum Gasteiger partial charge on any atom is -0.415 e. The highest BCUT2D eigenvalue weighted by Gasteiger charge is 2.52. The predicted octanol–water partition coefficient (Wildman–Crippen LogP) is 6.15. The molecule has 1 aliphatic carbocycles. The number of hydrogen-bond donors (Lipinski definition) is 0. The Morgan fingerprint density at radius 2 is 1.58 bits per heavy atom. The van der Waals surface area contributed by atoms with Gasteiger partial charge in [-0.25, -0.2) is 0 Å². The summed E-state index contributed by atoms with van der Waals surface area (Å²) in [5.74, 6) is 0.789. The van der Waals surface area contributed by atoms with Crippen LogP contribution in [0.1, 0.15) is 54.9 Å². The van der Waals surface area contributed by atoms with Crippen LogP contribution in [0.4, 0.5) is 0 Å². The Labute approximate surface area is 134 Å². The molecule has 1 fully saturated rings. The summed E-state index contributed by atoms with van der Waals surface area (Å²) in [6.45, 7) is 17.5. The monoisotopic (exact) mass is 394 g/mol. The van der Waals surface area contributed by atoms with E-state index in [1.807, 2.05) is 0 Å². The third-order valence-electron chi connectivity index (χ3n) is 5.20. The fourth-order valence-corrected chi connectivity index (χ4v) is 10.1. The van der Waals surface area contributed by atoms with Crippen molar-refractivity contribution in [3.05, 3.63) is 10.2 Å². The first kappa shape index (κ1) is 17.7. The van der Waals surface area contributed by atoms with E-state index in [2.05, 4.69) is 81.2 Å². The van der Waals surface area contributed by atoms with E-state index in [1.165, 1.54) is 6.42 Å². The van der Waals surface area contributed by atoms with Crippen LogP contribution in [0.3, 0.4) is 0 Å². The highest BCUT2D eigenvalue weighted by molar-refractivity contribution is 14.1. The summed E-state index contributed by atoms with van der Waals surface area (Å²) in [5.41, 5.74) is 2.39. The lowest BCUT2D eigenvalue weighted by molar-refractivity contribution is 0.225. The molecule has 0 amide bonds. The maximum atomic E-state index is 6.75. The summed E-state index contributed by atoms with van der Waals surface area (Å²) in [4.78, 5) is 0. The Morgan fingerprint density at radius 3 is 1.84 bits per heavy atom. The minimum absolute atomic E-state index is 0.345. The van der Waals surface area contributed by atoms with Gasteiger partial charge in [0.05, 0.1) is 0 Å². The lowest BCUT2D eigenvalue weighted by Crippen LogP contribution is -2.48. The first-order valence-electron chi connectivity index (χ1n) is 7.64. The van der Waals surface area contributed by atoms with Gasteiger partial charge < -0.3 is 4.43 Å². The quantitative estimate of drug-likeness (QED) is 0.372. The molecule has 1 rings (SSSR count). The van der Waals surface area contributed by atoms with E-state index in [0.717, 1.165) is 12.5 Å². The van der Waals surface area contributed by atoms with Crippen LogP contribution in [-0.4, -0.2) is 14.9 Å². The molecule has 1 saturated carbocycles. The third kappa shape index (κ3) is 3.46. The standard InChI is InChI=1S/C16H31IOSi/c1-12(2)19(13(3)4,14(5)6)18-11-16(8-9-17)10-15(16)7/h8-9,12-15H,10-11H2,1-7H3/b9-8+/t15-,16+/m1/s1. The Balaban J connectivity index is 2.85. The molecule has 0 radical (unpaired) electrons. The van der Waals surface area contributed by atoms with Gasteiger partial charge in [-0.2, -0.15) is 0 Å². The lowest BCUT2D eigenvalue weighted by atomic mass is 10.1. The van der Waals surface area contributed by atoms with Gasteiger partial charge >= 0.3 is 0 Å². The summed E-state index contributed by atoms with van der Waals surface area (Å²) < 4.78 is 8.92. The first-order chi connectivity index (χ1) is 8.73. The van der Waals surface area contributed by atoms with Crippen molar-refractivity contribution in [2.75, 3.05) is 6.61 Å². The largest absolute Gasteiger partial charge is 0.415 e. The zero-order chi connectivity index (χ0) is 14.8. The molecule has 0 aromatic heterocycles. The Hall–Kier alpha value is 0.647. The normalized spacial score (nSPS) is 28.1. The number of hydrogen-bond acceptors (Lipinski definition) is 1. The Morgan fingerprint density at radius 1 is 1.16 bits per heavy atom. The second-order valence-corrected chi connectivity index (χ2v) is 13.4. The van der Waals surface area contributed by atoms with Crippen LogP contribution >= 0.6 is 22.6 Å². The van der Waals surface area contributed by atoms with Gasteiger partial charge in [0.2, 0.25) is 0 Å². The number of halogens is 1. The van der Waals surface area contributed by atoms with Crippen LogP contribution in [0.5, 0.6) is 0 Å². The molecule has 0 spiro atoms. The van der Waals surface area contributed by atoms with Crippen molar-refractivity contribution < 1.29 is 4.43 Å². The van der Waals surface area contributed by atoms with Gasteiger partial charge in [-0.3, -0.25) is 0 Å². The smallest absolute Gasteiger partial charge is 0.200 e. The Kier molecular flexibility index (Phi) is 6.15. The molecule has 0 N–H and O–H groups in total. The number of rotatable bonds is 7. The van der Waals surface area contributed by atoms with E-state index in [-0.39, 0.29) is 0 Å². The summed E-state index contributed by atoms with van der Waals surface area (Å²) in [7, 11) is -1.69. The van der Waals surface area contributed by atoms with Crippen LogP contribution in [0.2, 0.25) is 16.6 Å². The molecule has 0 heterocycles. The molecule has 0 unspecified atom stereocenters. The van der Waals surface area contributed by atoms with Crippen molar-refractivity contribution in [2.45, 2.75) is 71.5 Å². The topological polar surface area (TPSA) is 9.23 Å². The molecule has 0 aliphatic heterocycles. The van der Waals surface area contributed by atoms with Gasteiger partial charge in [-0.05, 0) is 33.0 Å². The summed E-state index contributed by atoms with van der Waals surface area (Å²) in [5, 5.41) is 0. The maximum absolute atomic E-state index is 6.75. The molecule has 112 valence electrons. The molecule has 1 nitrogen and oxygen atoms in total. The fourth-order valence-electron chi connectivity index (χ4n) is 3.88. The zero-order valence-electron chi connectivity index (χ0n) is 13.7. The summed E-state index contributed by atoms with van der Waals surface area (Å²) in [6, 6.07) is 0. The second kappa shape index (κ2) is 6.61. The molecular formula is C16H31IOSi. The van der Waals surface area contributed by atoms with Crippen molar-refractivity contribution in [2.24, 2.45) is 11.3 Å². The van der Waals surface area contributed by atoms with E-state index in [4.69, 9.17) is 4.43 Å². The van der Waals surface area contributed by atoms with Gasteiger partial charge in [-0.15, -0.1) is 0 Å². The fraction of sp³-hybridized carbons (Fsp3) is 0.875. The summed E-state index contributed by atoms with van der Waals surface area (Å²) in [6.07, 6.45) is 3.67. The zero-order valence-corrected chi connectivity index (χ0v) is 16.8. The lowest BCUT2D eigenvalue weighted by Gasteiger charge is -2.43. The maximum Gasteiger partial charge on any atom is 0.200 e. The van der Waals surface area contributed by atoms with E-state index < -0.39 is 8.32 Å². The van der Waals surface area contributed by atoms with E-state index in [9.17, 15) is 0 Å². The predicted molar refractivity (Wildman–Crippen MR) is 96.4 cm³/mol. The van der Waals surface area contributed by atoms with Crippen molar-refractivity contribution in [1.82, 2.24) is 0 Å². The van der Waals surface area contributed by atoms with Crippen LogP contribution in [0, 0.1) is 11.3 Å². The first-order valence-corrected chi connectivity index (χ1v) is 11.0. The summed E-state index contributed by atoms with van der Waals surface area (Å²) >= 11 is 2.34. The average Bonchev–Trinajstić information content (AvgIpc) is 2.88. The van der Waals surface area contributed by atoms with E-state index in [0.29, 0.717) is 22.0 Å². The van der Waals surface area contributed by atoms with Gasteiger partial charge in [0.15, 0.2) is 8.32 Å². The van der Waals surface area contributed by atoms with Gasteiger partial charge in [-0.1, -0.05) is 77.1 Å². The van der Waals surface area contributed by atoms with Gasteiger partial charge in [0, 0.05) is 12.0 Å². The van der Waals surface area contributed by atoms with Crippen molar-refractivity contribution in [3.63, 3.8) is 0 Å². The van der Waals surface area contributed by atoms with Crippen LogP contribution in [-0.2, 0) is 4.43 Å². The van der Waals surface area contributed by atoms with Crippen LogP contribution in [0.15, 0.2) is 10.2 Å². The van der Waals surface area contributed by atoms with Gasteiger partial charge in [0.25, 0.3) is 0 Å². The third-order valence-corrected chi connectivity index (χ3v) is 11.6. The molecule has 1 aliphatic rings. The van der Waals surface area contributed by atoms with Crippen molar-refractivity contribution in [1.29, 1.82) is 0 Å². The molecule has 0 aromatic carbocycles. The van der Waals surface area contributed by atoms with Gasteiger partial charge in [0.1, 0.15) is 0 Å². The van der Waals surface area contributed by atoms with E-state index in [1.54, 1.807) is 0 Å². The van der Waals surface area contributed by atoms with Crippen molar-refractivity contribution >= 4 is 30.9 Å². The molecular weight excluding hydrogens is 363 g/mol. The molecule has 3 heteroatoms. The van der Waals surface area contributed by atoms with E-state index >= 15 is 0 Å². The highest BCUT2D eigenvalue weighted by Crippen LogP contribution is 2.55.